The van der Waals surface area contributed by atoms with E-state index in [2.05, 4.69) is 10.5 Å². The highest BCUT2D eigenvalue weighted by Crippen LogP contribution is 2.04. The van der Waals surface area contributed by atoms with E-state index < -0.39 is 0 Å². The fourth-order valence-electron chi connectivity index (χ4n) is 0.781. The molecule has 0 saturated heterocycles. The van der Waals surface area contributed by atoms with Crippen LogP contribution in [0.15, 0.2) is 17.4 Å². The van der Waals surface area contributed by atoms with Crippen LogP contribution in [0.3, 0.4) is 0 Å². The first-order valence-corrected chi connectivity index (χ1v) is 3.74. The van der Waals surface area contributed by atoms with Crippen LogP contribution >= 0.6 is 0 Å². The van der Waals surface area contributed by atoms with Crippen LogP contribution in [0, 0.1) is 0 Å². The first-order chi connectivity index (χ1) is 5.26. The van der Waals surface area contributed by atoms with Gasteiger partial charge in [-0.25, -0.2) is 4.79 Å². The number of methoxy groups -OCH3 is 1. The van der Waals surface area contributed by atoms with E-state index in [1.165, 1.54) is 7.11 Å². The summed E-state index contributed by atoms with van der Waals surface area (Å²) in [4.78, 5) is 11.0. The Labute approximate surface area is 67.6 Å². The summed E-state index contributed by atoms with van der Waals surface area (Å²) in [5.41, 5.74) is 3.47. The molecule has 0 saturated carbocycles. The van der Waals surface area contributed by atoms with Crippen molar-refractivity contribution in [2.75, 3.05) is 7.11 Å². The molecule has 62 valence electrons. The Morgan fingerprint density at radius 2 is 2.27 bits per heavy atom. The Hall–Kier alpha value is -1.01. The van der Waals surface area contributed by atoms with Crippen LogP contribution < -0.4 is 0 Å². The second kappa shape index (κ2) is 5.75. The molecule has 0 amide bonds. The second-order valence-corrected chi connectivity index (χ2v) is 2.15. The molecule has 0 aromatic rings. The summed E-state index contributed by atoms with van der Waals surface area (Å²) in [7, 11) is 1.38. The van der Waals surface area contributed by atoms with Gasteiger partial charge in [-0.1, -0.05) is 13.3 Å². The fourth-order valence-corrected chi connectivity index (χ4v) is 0.781. The summed E-state index contributed by atoms with van der Waals surface area (Å²) in [6.45, 7) is 3.85. The van der Waals surface area contributed by atoms with Crippen molar-refractivity contribution in [1.29, 1.82) is 0 Å². The number of carbonyl (C=O) groups excluding carboxylic acids is 1. The van der Waals surface area contributed by atoms with E-state index in [0.717, 1.165) is 12.8 Å². The molecule has 0 heterocycles. The van der Waals surface area contributed by atoms with Gasteiger partial charge in [0.25, 0.3) is 0 Å². The van der Waals surface area contributed by atoms with E-state index in [9.17, 15) is 4.79 Å². The Kier molecular flexibility index (Phi) is 5.22. The lowest BCUT2D eigenvalue weighted by molar-refractivity contribution is -0.136. The Bertz CT molecular complexity index is 186. The number of ether oxygens (including phenoxy) is 1. The normalized spacial score (nSPS) is 8.27. The van der Waals surface area contributed by atoms with E-state index in [4.69, 9.17) is 0 Å². The number of rotatable bonds is 3. The van der Waals surface area contributed by atoms with Crippen LogP contribution in [0.2, 0.25) is 0 Å². The molecule has 0 aliphatic heterocycles. The van der Waals surface area contributed by atoms with Gasteiger partial charge in [0.2, 0.25) is 0 Å². The quantitative estimate of drug-likeness (QED) is 0.353. The average molecular weight is 154 g/mol. The zero-order valence-electron chi connectivity index (χ0n) is 7.31. The second-order valence-electron chi connectivity index (χ2n) is 2.15. The van der Waals surface area contributed by atoms with Gasteiger partial charge in [-0.15, -0.1) is 5.73 Å². The maximum atomic E-state index is 11.0. The van der Waals surface area contributed by atoms with Gasteiger partial charge in [0.15, 0.2) is 0 Å². The van der Waals surface area contributed by atoms with Crippen LogP contribution in [-0.4, -0.2) is 13.1 Å². The number of hydrogen-bond donors (Lipinski definition) is 0. The standard InChI is InChI=1S/C9H14O2/c1-4-6-8(7-5-2)9(10)11-3/h4H,5,7H2,1-3H3. The smallest absolute Gasteiger partial charge is 0.341 e. The molecule has 0 aliphatic rings. The maximum Gasteiger partial charge on any atom is 0.341 e. The number of carbonyl (C=O) groups is 1. The number of esters is 1. The fraction of sp³-hybridized carbons (Fsp3) is 0.556. The summed E-state index contributed by atoms with van der Waals surface area (Å²) < 4.78 is 4.56. The van der Waals surface area contributed by atoms with E-state index in [0.29, 0.717) is 5.57 Å². The first-order valence-electron chi connectivity index (χ1n) is 3.74. The van der Waals surface area contributed by atoms with Crippen molar-refractivity contribution in [3.63, 3.8) is 0 Å². The van der Waals surface area contributed by atoms with Crippen LogP contribution in [0.25, 0.3) is 0 Å². The summed E-state index contributed by atoms with van der Waals surface area (Å²) in [5.74, 6) is -0.273. The third kappa shape index (κ3) is 3.64. The summed E-state index contributed by atoms with van der Waals surface area (Å²) in [6, 6.07) is 0. The molecule has 11 heavy (non-hydrogen) atoms. The van der Waals surface area contributed by atoms with Crippen molar-refractivity contribution >= 4 is 5.97 Å². The predicted molar refractivity (Wildman–Crippen MR) is 44.2 cm³/mol. The lowest BCUT2D eigenvalue weighted by Gasteiger charge is -1.98. The number of hydrogen-bond acceptors (Lipinski definition) is 2. The third-order valence-corrected chi connectivity index (χ3v) is 1.25. The molecule has 2 heteroatoms. The topological polar surface area (TPSA) is 26.3 Å². The van der Waals surface area contributed by atoms with Crippen molar-refractivity contribution in [2.45, 2.75) is 26.7 Å². The van der Waals surface area contributed by atoms with E-state index >= 15 is 0 Å². The molecule has 2 nitrogen and oxygen atoms in total. The van der Waals surface area contributed by atoms with Crippen LogP contribution in [0.1, 0.15) is 26.7 Å². The van der Waals surface area contributed by atoms with Crippen molar-refractivity contribution in [1.82, 2.24) is 0 Å². The van der Waals surface area contributed by atoms with Gasteiger partial charge in [0.1, 0.15) is 0 Å². The molecular formula is C9H14O2. The molecule has 0 aliphatic carbocycles. The highest BCUT2D eigenvalue weighted by molar-refractivity contribution is 5.87. The molecule has 0 aromatic carbocycles. The van der Waals surface area contributed by atoms with Gasteiger partial charge >= 0.3 is 5.97 Å². The van der Waals surface area contributed by atoms with E-state index in [-0.39, 0.29) is 5.97 Å². The van der Waals surface area contributed by atoms with Gasteiger partial charge in [-0.2, -0.15) is 0 Å². The van der Waals surface area contributed by atoms with Gasteiger partial charge in [0.05, 0.1) is 12.7 Å². The van der Waals surface area contributed by atoms with Gasteiger partial charge in [-0.3, -0.25) is 0 Å². The minimum absolute atomic E-state index is 0.273. The lowest BCUT2D eigenvalue weighted by Crippen LogP contribution is -2.03. The highest BCUT2D eigenvalue weighted by atomic mass is 16.5. The van der Waals surface area contributed by atoms with Crippen LogP contribution in [-0.2, 0) is 9.53 Å². The van der Waals surface area contributed by atoms with Crippen LogP contribution in [0.4, 0.5) is 0 Å². The molecule has 0 radical (unpaired) electrons. The minimum atomic E-state index is -0.273. The third-order valence-electron chi connectivity index (χ3n) is 1.25. The zero-order chi connectivity index (χ0) is 8.69. The molecule has 0 rings (SSSR count). The summed E-state index contributed by atoms with van der Waals surface area (Å²) >= 11 is 0. The average Bonchev–Trinajstić information content (AvgIpc) is 2.03. The van der Waals surface area contributed by atoms with E-state index in [1.54, 1.807) is 6.08 Å². The summed E-state index contributed by atoms with van der Waals surface area (Å²) in [6.07, 6.45) is 3.39. The van der Waals surface area contributed by atoms with Crippen LogP contribution in [0.5, 0.6) is 0 Å². The Morgan fingerprint density at radius 1 is 1.64 bits per heavy atom. The largest absolute Gasteiger partial charge is 0.465 e. The van der Waals surface area contributed by atoms with Crippen molar-refractivity contribution in [3.05, 3.63) is 17.4 Å². The first kappa shape index (κ1) is 9.99. The van der Waals surface area contributed by atoms with Crippen molar-refractivity contribution < 1.29 is 9.53 Å². The molecule has 0 atom stereocenters. The lowest BCUT2D eigenvalue weighted by atomic mass is 10.1. The molecule has 0 aromatic heterocycles. The molecule has 0 bridgehead atoms. The maximum absolute atomic E-state index is 11.0. The highest BCUT2D eigenvalue weighted by Gasteiger charge is 2.05. The monoisotopic (exact) mass is 154 g/mol. The molecular weight excluding hydrogens is 140 g/mol. The predicted octanol–water partition coefficient (Wildman–Crippen LogP) is 2.06. The van der Waals surface area contributed by atoms with E-state index in [1.807, 2.05) is 13.8 Å². The molecule has 0 unspecified atom stereocenters. The molecule has 0 N–H and O–H groups in total. The van der Waals surface area contributed by atoms with Crippen molar-refractivity contribution in [3.8, 4) is 0 Å². The SMILES string of the molecule is CC=C=C(CCC)C(=O)OC. The molecule has 0 fully saturated rings. The van der Waals surface area contributed by atoms with Gasteiger partial charge < -0.3 is 4.74 Å². The summed E-state index contributed by atoms with van der Waals surface area (Å²) in [5, 5.41) is 0. The zero-order valence-corrected chi connectivity index (χ0v) is 7.31. The molecule has 0 spiro atoms. The minimum Gasteiger partial charge on any atom is -0.465 e. The van der Waals surface area contributed by atoms with Gasteiger partial charge in [-0.05, 0) is 19.4 Å². The van der Waals surface area contributed by atoms with Crippen molar-refractivity contribution in [2.24, 2.45) is 0 Å². The Morgan fingerprint density at radius 3 is 2.64 bits per heavy atom. The Balaban J connectivity index is 4.35. The van der Waals surface area contributed by atoms with Gasteiger partial charge in [0, 0.05) is 0 Å².